The summed E-state index contributed by atoms with van der Waals surface area (Å²) in [4.78, 5) is 37.4. The molecule has 3 aromatic rings. The van der Waals surface area contributed by atoms with Crippen LogP contribution in [-0.4, -0.2) is 64.4 Å². The molecule has 0 saturated carbocycles. The Morgan fingerprint density at radius 1 is 1.00 bits per heavy atom. The third-order valence-corrected chi connectivity index (χ3v) is 8.48. The number of hydrogen-bond acceptors (Lipinski definition) is 5. The fourth-order valence-electron chi connectivity index (χ4n) is 6.23. The second-order valence-electron chi connectivity index (χ2n) is 11.8. The van der Waals surface area contributed by atoms with E-state index in [0.717, 1.165) is 68.3 Å². The van der Waals surface area contributed by atoms with E-state index in [1.807, 2.05) is 35.2 Å². The third kappa shape index (κ3) is 5.43. The molecule has 7 nitrogen and oxygen atoms in total. The molecule has 3 aliphatic rings. The van der Waals surface area contributed by atoms with Crippen molar-refractivity contribution in [3.63, 3.8) is 0 Å². The van der Waals surface area contributed by atoms with E-state index in [1.54, 1.807) is 20.0 Å². The van der Waals surface area contributed by atoms with Crippen LogP contribution in [0.1, 0.15) is 55.5 Å². The number of anilines is 2. The van der Waals surface area contributed by atoms with Crippen LogP contribution in [0.15, 0.2) is 54.7 Å². The van der Waals surface area contributed by atoms with Crippen LogP contribution in [-0.2, 0) is 11.3 Å². The highest BCUT2D eigenvalue weighted by atomic mass is 19.1. The molecular weight excluding hydrogens is 524 g/mol. The zero-order chi connectivity index (χ0) is 28.7. The molecule has 1 N–H and O–H groups in total. The van der Waals surface area contributed by atoms with Crippen LogP contribution >= 0.6 is 0 Å². The SMILES string of the molecule is CC1(C)Nc2ncc(-c3ccc(C(=O)N4CCCC4CN4CCCC4)cc3)cc2N(Cc2cc(F)ccc2F)C1=O. The van der Waals surface area contributed by atoms with Gasteiger partial charge >= 0.3 is 0 Å². The Morgan fingerprint density at radius 3 is 2.51 bits per heavy atom. The van der Waals surface area contributed by atoms with Crippen molar-refractivity contribution in [1.82, 2.24) is 14.8 Å². The topological polar surface area (TPSA) is 68.8 Å². The minimum Gasteiger partial charge on any atom is -0.355 e. The standard InChI is InChI=1S/C32H35F2N5O2/c1-32(2)31(41)39(19-24-16-25(33)11-12-27(24)34)28-17-23(18-35-29(28)36-32)21-7-9-22(10-8-21)30(40)38-15-5-6-26(38)20-37-13-3-4-14-37/h7-12,16-18,26H,3-6,13-15,19-20H2,1-2H3,(H,35,36). The largest absolute Gasteiger partial charge is 0.355 e. The summed E-state index contributed by atoms with van der Waals surface area (Å²) in [6.07, 6.45) is 6.26. The third-order valence-electron chi connectivity index (χ3n) is 8.48. The Hall–Kier alpha value is -3.85. The Labute approximate surface area is 239 Å². The summed E-state index contributed by atoms with van der Waals surface area (Å²) in [5.41, 5.74) is 1.82. The van der Waals surface area contributed by atoms with Crippen LogP contribution in [0.5, 0.6) is 0 Å². The van der Waals surface area contributed by atoms with Crippen molar-refractivity contribution >= 4 is 23.3 Å². The first-order chi connectivity index (χ1) is 19.7. The second kappa shape index (κ2) is 10.9. The smallest absolute Gasteiger partial charge is 0.254 e. The predicted octanol–water partition coefficient (Wildman–Crippen LogP) is 5.46. The van der Waals surface area contributed by atoms with Crippen molar-refractivity contribution in [2.24, 2.45) is 0 Å². The van der Waals surface area contributed by atoms with Crippen LogP contribution < -0.4 is 10.2 Å². The van der Waals surface area contributed by atoms with Crippen molar-refractivity contribution in [3.8, 4) is 11.1 Å². The molecule has 3 aliphatic heterocycles. The van der Waals surface area contributed by atoms with Crippen LogP contribution in [0.3, 0.4) is 0 Å². The van der Waals surface area contributed by atoms with E-state index in [2.05, 4.69) is 15.2 Å². The van der Waals surface area contributed by atoms with Gasteiger partial charge in [-0.2, -0.15) is 0 Å². The van der Waals surface area contributed by atoms with Crippen molar-refractivity contribution in [2.45, 2.75) is 57.7 Å². The molecule has 1 unspecified atom stereocenters. The molecule has 1 atom stereocenters. The number of fused-ring (bicyclic) bond motifs is 1. The quantitative estimate of drug-likeness (QED) is 0.434. The van der Waals surface area contributed by atoms with Gasteiger partial charge in [-0.25, -0.2) is 13.8 Å². The van der Waals surface area contributed by atoms with Gasteiger partial charge < -0.3 is 20.0 Å². The fourth-order valence-corrected chi connectivity index (χ4v) is 6.23. The highest BCUT2D eigenvalue weighted by molar-refractivity contribution is 6.07. The molecule has 214 valence electrons. The number of hydrogen-bond donors (Lipinski definition) is 1. The summed E-state index contributed by atoms with van der Waals surface area (Å²) in [6.45, 7) is 7.30. The lowest BCUT2D eigenvalue weighted by Crippen LogP contribution is -2.53. The molecule has 2 fully saturated rings. The number of nitrogens with one attached hydrogen (secondary N) is 1. The summed E-state index contributed by atoms with van der Waals surface area (Å²) in [5.74, 6) is -0.881. The number of carbonyl (C=O) groups excluding carboxylic acids is 2. The zero-order valence-corrected chi connectivity index (χ0v) is 23.5. The van der Waals surface area contributed by atoms with Gasteiger partial charge in [0.05, 0.1) is 12.2 Å². The number of benzene rings is 2. The average Bonchev–Trinajstić information content (AvgIpc) is 3.65. The van der Waals surface area contributed by atoms with Gasteiger partial charge in [-0.15, -0.1) is 0 Å². The summed E-state index contributed by atoms with van der Waals surface area (Å²) >= 11 is 0. The van der Waals surface area contributed by atoms with Crippen LogP contribution in [0.4, 0.5) is 20.3 Å². The van der Waals surface area contributed by atoms with Crippen LogP contribution in [0.25, 0.3) is 11.1 Å². The minimum absolute atomic E-state index is 0.0575. The number of likely N-dealkylation sites (tertiary alicyclic amines) is 2. The van der Waals surface area contributed by atoms with Gasteiger partial charge in [0.15, 0.2) is 5.82 Å². The fraction of sp³-hybridized carbons (Fsp3) is 0.406. The van der Waals surface area contributed by atoms with Crippen molar-refractivity contribution in [2.75, 3.05) is 36.4 Å². The molecular formula is C32H35F2N5O2. The van der Waals surface area contributed by atoms with E-state index in [9.17, 15) is 18.4 Å². The van der Waals surface area contributed by atoms with E-state index >= 15 is 0 Å². The number of aromatic nitrogens is 1. The van der Waals surface area contributed by atoms with Crippen LogP contribution in [0, 0.1) is 11.6 Å². The number of halogens is 2. The first-order valence-electron chi connectivity index (χ1n) is 14.4. The van der Waals surface area contributed by atoms with Gasteiger partial charge in [0.2, 0.25) is 0 Å². The normalized spacial score (nSPS) is 20.3. The van der Waals surface area contributed by atoms with E-state index in [4.69, 9.17) is 0 Å². The number of carbonyl (C=O) groups is 2. The number of nitrogens with zero attached hydrogens (tertiary/aromatic N) is 4. The monoisotopic (exact) mass is 559 g/mol. The summed E-state index contributed by atoms with van der Waals surface area (Å²) < 4.78 is 28.4. The van der Waals surface area contributed by atoms with Crippen molar-refractivity contribution in [1.29, 1.82) is 0 Å². The molecule has 0 aliphatic carbocycles. The van der Waals surface area contributed by atoms with Gasteiger partial charge in [0, 0.05) is 42.0 Å². The summed E-state index contributed by atoms with van der Waals surface area (Å²) in [7, 11) is 0. The van der Waals surface area contributed by atoms with Crippen LogP contribution in [0.2, 0.25) is 0 Å². The minimum atomic E-state index is -0.977. The molecule has 0 spiro atoms. The Kier molecular flexibility index (Phi) is 7.23. The Morgan fingerprint density at radius 2 is 1.76 bits per heavy atom. The maximum absolute atomic E-state index is 14.5. The van der Waals surface area contributed by atoms with E-state index < -0.39 is 17.2 Å². The molecule has 0 radical (unpaired) electrons. The molecule has 4 heterocycles. The van der Waals surface area contributed by atoms with Gasteiger partial charge in [-0.3, -0.25) is 9.59 Å². The molecule has 2 amide bonds. The maximum Gasteiger partial charge on any atom is 0.254 e. The molecule has 2 saturated heterocycles. The van der Waals surface area contributed by atoms with Gasteiger partial charge in [0.1, 0.15) is 17.2 Å². The molecule has 1 aromatic heterocycles. The highest BCUT2D eigenvalue weighted by Crippen LogP contribution is 2.38. The number of rotatable bonds is 6. The summed E-state index contributed by atoms with van der Waals surface area (Å²) in [5, 5.41) is 3.17. The maximum atomic E-state index is 14.5. The molecule has 9 heteroatoms. The van der Waals surface area contributed by atoms with Gasteiger partial charge in [-0.1, -0.05) is 12.1 Å². The van der Waals surface area contributed by atoms with Crippen molar-refractivity contribution < 1.29 is 18.4 Å². The van der Waals surface area contributed by atoms with E-state index in [-0.39, 0.29) is 30.0 Å². The Balaban J connectivity index is 1.25. The zero-order valence-electron chi connectivity index (χ0n) is 23.5. The lowest BCUT2D eigenvalue weighted by atomic mass is 9.97. The van der Waals surface area contributed by atoms with E-state index in [0.29, 0.717) is 17.1 Å². The molecule has 0 bridgehead atoms. The second-order valence-corrected chi connectivity index (χ2v) is 11.8. The van der Waals surface area contributed by atoms with Gasteiger partial charge in [0.25, 0.3) is 11.8 Å². The molecule has 6 rings (SSSR count). The predicted molar refractivity (Wildman–Crippen MR) is 155 cm³/mol. The molecule has 41 heavy (non-hydrogen) atoms. The lowest BCUT2D eigenvalue weighted by Gasteiger charge is -2.39. The average molecular weight is 560 g/mol. The first-order valence-corrected chi connectivity index (χ1v) is 14.4. The number of amides is 2. The van der Waals surface area contributed by atoms with E-state index in [1.165, 1.54) is 17.7 Å². The Bertz CT molecular complexity index is 1470. The highest BCUT2D eigenvalue weighted by Gasteiger charge is 2.40. The summed E-state index contributed by atoms with van der Waals surface area (Å²) in [6, 6.07) is 12.8. The number of pyridine rings is 1. The lowest BCUT2D eigenvalue weighted by molar-refractivity contribution is -0.122. The molecule has 2 aromatic carbocycles. The van der Waals surface area contributed by atoms with Gasteiger partial charge in [-0.05, 0) is 94.6 Å². The first kappa shape index (κ1) is 27.3. The van der Waals surface area contributed by atoms with Crippen molar-refractivity contribution in [3.05, 3.63) is 77.5 Å².